The van der Waals surface area contributed by atoms with Crippen molar-refractivity contribution in [2.75, 3.05) is 5.32 Å². The Morgan fingerprint density at radius 2 is 2.07 bits per heavy atom. The fourth-order valence-corrected chi connectivity index (χ4v) is 1.13. The summed E-state index contributed by atoms with van der Waals surface area (Å²) in [5.41, 5.74) is 1.21. The van der Waals surface area contributed by atoms with E-state index in [0.29, 0.717) is 5.95 Å². The predicted octanol–water partition coefficient (Wildman–Crippen LogP) is 1.89. The van der Waals surface area contributed by atoms with Crippen LogP contribution in [0.5, 0.6) is 0 Å². The molecule has 0 unspecified atom stereocenters. The summed E-state index contributed by atoms with van der Waals surface area (Å²) >= 11 is 0. The smallest absolute Gasteiger partial charge is 0.223 e. The third-order valence-electron chi connectivity index (χ3n) is 1.81. The van der Waals surface area contributed by atoms with E-state index < -0.39 is 0 Å². The average molecular weight is 184 g/mol. The lowest BCUT2D eigenvalue weighted by Crippen LogP contribution is -2.02. The van der Waals surface area contributed by atoms with E-state index in [4.69, 9.17) is 0 Å². The van der Waals surface area contributed by atoms with Crippen LogP contribution in [0.15, 0.2) is 42.6 Å². The minimum absolute atomic E-state index is 0.608. The second-order valence-electron chi connectivity index (χ2n) is 2.85. The van der Waals surface area contributed by atoms with Gasteiger partial charge in [0.25, 0.3) is 0 Å². The minimum atomic E-state index is 0.608. The Hall–Kier alpha value is -1.90. The van der Waals surface area contributed by atoms with Gasteiger partial charge in [-0.25, -0.2) is 9.97 Å². The van der Waals surface area contributed by atoms with Gasteiger partial charge in [-0.2, -0.15) is 0 Å². The molecule has 0 saturated heterocycles. The van der Waals surface area contributed by atoms with Gasteiger partial charge in [-0.3, -0.25) is 0 Å². The number of aromatic nitrogens is 2. The van der Waals surface area contributed by atoms with Crippen molar-refractivity contribution in [2.24, 2.45) is 0 Å². The molecule has 0 bridgehead atoms. The number of rotatable bonds is 3. The zero-order valence-corrected chi connectivity index (χ0v) is 7.64. The molecule has 1 N–H and O–H groups in total. The lowest BCUT2D eigenvalue weighted by Gasteiger charge is -2.02. The van der Waals surface area contributed by atoms with Crippen LogP contribution in [0, 0.1) is 6.20 Å². The molecule has 0 fully saturated rings. The Morgan fingerprint density at radius 1 is 1.21 bits per heavy atom. The van der Waals surface area contributed by atoms with Gasteiger partial charge in [-0.1, -0.05) is 30.3 Å². The predicted molar refractivity (Wildman–Crippen MR) is 54.6 cm³/mol. The first-order valence-corrected chi connectivity index (χ1v) is 4.42. The largest absolute Gasteiger partial charge is 0.350 e. The first-order valence-electron chi connectivity index (χ1n) is 4.42. The molecule has 0 aliphatic rings. The molecule has 69 valence electrons. The van der Waals surface area contributed by atoms with E-state index in [1.807, 2.05) is 18.2 Å². The molecule has 1 heterocycles. The zero-order valence-electron chi connectivity index (χ0n) is 7.64. The normalized spacial score (nSPS) is 9.71. The second kappa shape index (κ2) is 4.37. The van der Waals surface area contributed by atoms with Gasteiger partial charge in [0, 0.05) is 12.7 Å². The first kappa shape index (κ1) is 8.69. The van der Waals surface area contributed by atoms with Crippen LogP contribution in [0.25, 0.3) is 0 Å². The van der Waals surface area contributed by atoms with Gasteiger partial charge < -0.3 is 5.32 Å². The van der Waals surface area contributed by atoms with Crippen LogP contribution < -0.4 is 5.32 Å². The molecule has 3 heteroatoms. The van der Waals surface area contributed by atoms with Gasteiger partial charge in [-0.05, 0) is 11.6 Å². The summed E-state index contributed by atoms with van der Waals surface area (Å²) in [4.78, 5) is 7.99. The van der Waals surface area contributed by atoms with Crippen molar-refractivity contribution >= 4 is 5.95 Å². The Labute approximate surface area is 82.8 Å². The molecular weight excluding hydrogens is 174 g/mol. The van der Waals surface area contributed by atoms with Crippen LogP contribution in [0.2, 0.25) is 0 Å². The molecule has 0 amide bonds. The maximum Gasteiger partial charge on any atom is 0.223 e. The van der Waals surface area contributed by atoms with E-state index in [1.54, 1.807) is 12.3 Å². The molecule has 1 aromatic carbocycles. The van der Waals surface area contributed by atoms with Gasteiger partial charge in [0.2, 0.25) is 5.95 Å². The van der Waals surface area contributed by atoms with Crippen LogP contribution in [0.4, 0.5) is 5.95 Å². The lowest BCUT2D eigenvalue weighted by molar-refractivity contribution is 1.05. The number of hydrogen-bond donors (Lipinski definition) is 1. The summed E-state index contributed by atoms with van der Waals surface area (Å²) < 4.78 is 0. The van der Waals surface area contributed by atoms with Gasteiger partial charge in [0.05, 0.1) is 6.20 Å². The van der Waals surface area contributed by atoms with Gasteiger partial charge in [0.15, 0.2) is 0 Å². The van der Waals surface area contributed by atoms with Crippen molar-refractivity contribution < 1.29 is 0 Å². The fourth-order valence-electron chi connectivity index (χ4n) is 1.13. The van der Waals surface area contributed by atoms with Crippen molar-refractivity contribution in [1.29, 1.82) is 0 Å². The molecule has 1 aromatic heterocycles. The maximum absolute atomic E-state index is 4.04. The summed E-state index contributed by atoms with van der Waals surface area (Å²) in [5, 5.41) is 3.11. The van der Waals surface area contributed by atoms with Gasteiger partial charge >= 0.3 is 0 Å². The minimum Gasteiger partial charge on any atom is -0.350 e. The summed E-state index contributed by atoms with van der Waals surface area (Å²) in [6.45, 7) is 0.735. The molecule has 0 saturated carbocycles. The molecule has 0 aliphatic heterocycles. The zero-order chi connectivity index (χ0) is 9.64. The lowest BCUT2D eigenvalue weighted by atomic mass is 10.2. The molecule has 0 aliphatic carbocycles. The first-order chi connectivity index (χ1) is 6.95. The third kappa shape index (κ3) is 2.29. The van der Waals surface area contributed by atoms with Gasteiger partial charge in [0.1, 0.15) is 0 Å². The average Bonchev–Trinajstić information content (AvgIpc) is 2.29. The van der Waals surface area contributed by atoms with Crippen LogP contribution >= 0.6 is 0 Å². The second-order valence-corrected chi connectivity index (χ2v) is 2.85. The number of nitrogens with zero attached hydrogens (tertiary/aromatic N) is 2. The highest BCUT2D eigenvalue weighted by Crippen LogP contribution is 2.01. The van der Waals surface area contributed by atoms with Crippen LogP contribution in [0.3, 0.4) is 0 Å². The van der Waals surface area contributed by atoms with Crippen molar-refractivity contribution in [3.63, 3.8) is 0 Å². The molecule has 0 spiro atoms. The van der Waals surface area contributed by atoms with E-state index in [9.17, 15) is 0 Å². The van der Waals surface area contributed by atoms with Crippen LogP contribution in [-0.4, -0.2) is 9.97 Å². The Bertz CT molecular complexity index is 333. The highest BCUT2D eigenvalue weighted by Gasteiger charge is 1.93. The molecule has 14 heavy (non-hydrogen) atoms. The van der Waals surface area contributed by atoms with E-state index in [0.717, 1.165) is 6.54 Å². The number of benzene rings is 1. The fraction of sp³-hybridized carbons (Fsp3) is 0.0909. The summed E-state index contributed by atoms with van der Waals surface area (Å²) in [5.74, 6) is 0.608. The van der Waals surface area contributed by atoms with Crippen molar-refractivity contribution in [3.05, 3.63) is 54.4 Å². The van der Waals surface area contributed by atoms with E-state index in [2.05, 4.69) is 33.6 Å². The van der Waals surface area contributed by atoms with E-state index in [1.165, 1.54) is 5.56 Å². The number of anilines is 1. The Balaban J connectivity index is 1.96. The topological polar surface area (TPSA) is 37.8 Å². The highest BCUT2D eigenvalue weighted by atomic mass is 15.1. The van der Waals surface area contributed by atoms with Crippen LogP contribution in [-0.2, 0) is 6.54 Å². The van der Waals surface area contributed by atoms with E-state index in [-0.39, 0.29) is 0 Å². The van der Waals surface area contributed by atoms with E-state index >= 15 is 0 Å². The highest BCUT2D eigenvalue weighted by molar-refractivity contribution is 5.26. The van der Waals surface area contributed by atoms with Gasteiger partial charge in [-0.15, -0.1) is 0 Å². The quantitative estimate of drug-likeness (QED) is 0.791. The monoisotopic (exact) mass is 184 g/mol. The standard InChI is InChI=1S/C11H10N3/c1-2-5-10(6-3-1)9-14-11-12-7-4-8-13-11/h1-7H,9H2,(H,12,13,14). The molecule has 2 rings (SSSR count). The molecule has 2 aromatic rings. The summed E-state index contributed by atoms with van der Waals surface area (Å²) in [7, 11) is 0. The molecular formula is C11H10N3. The Kier molecular flexibility index (Phi) is 2.71. The number of nitrogens with one attached hydrogen (secondary N) is 1. The van der Waals surface area contributed by atoms with Crippen molar-refractivity contribution in [3.8, 4) is 0 Å². The summed E-state index contributed by atoms with van der Waals surface area (Å²) in [6, 6.07) is 11.8. The SMILES string of the molecule is [c]1ccnc(NCc2ccccc2)n1. The van der Waals surface area contributed by atoms with Crippen molar-refractivity contribution in [1.82, 2.24) is 9.97 Å². The van der Waals surface area contributed by atoms with Crippen molar-refractivity contribution in [2.45, 2.75) is 6.54 Å². The molecule has 0 atom stereocenters. The third-order valence-corrected chi connectivity index (χ3v) is 1.81. The number of hydrogen-bond acceptors (Lipinski definition) is 3. The molecule has 3 nitrogen and oxygen atoms in total. The summed E-state index contributed by atoms with van der Waals surface area (Å²) in [6.07, 6.45) is 4.39. The maximum atomic E-state index is 4.04. The van der Waals surface area contributed by atoms with Crippen LogP contribution in [0.1, 0.15) is 5.56 Å². The Morgan fingerprint density at radius 3 is 2.79 bits per heavy atom. The molecule has 1 radical (unpaired) electrons.